The molecule has 152 valence electrons. The van der Waals surface area contributed by atoms with Gasteiger partial charge in [0.2, 0.25) is 0 Å². The topological polar surface area (TPSA) is 94.7 Å². The van der Waals surface area contributed by atoms with E-state index in [4.69, 9.17) is 9.47 Å². The molecule has 1 aliphatic rings. The number of ether oxygens (including phenoxy) is 2. The summed E-state index contributed by atoms with van der Waals surface area (Å²) in [6, 6.07) is 0. The van der Waals surface area contributed by atoms with Gasteiger partial charge in [-0.2, -0.15) is 10.2 Å². The molecular formula is C18H26N6O4. The molecule has 1 saturated heterocycles. The fourth-order valence-electron chi connectivity index (χ4n) is 2.88. The molecule has 2 atom stereocenters. The minimum absolute atomic E-state index is 0.383. The summed E-state index contributed by atoms with van der Waals surface area (Å²) in [5.41, 5.74) is 1.99. The molecule has 0 aromatic carbocycles. The van der Waals surface area contributed by atoms with E-state index in [1.165, 1.54) is 0 Å². The van der Waals surface area contributed by atoms with Crippen LogP contribution in [-0.2, 0) is 9.47 Å². The van der Waals surface area contributed by atoms with Gasteiger partial charge >= 0.3 is 12.2 Å². The van der Waals surface area contributed by atoms with Gasteiger partial charge in [0.15, 0.2) is 12.5 Å². The summed E-state index contributed by atoms with van der Waals surface area (Å²) in [5.74, 6) is 0. The number of hydrogen-bond acceptors (Lipinski definition) is 6. The van der Waals surface area contributed by atoms with Gasteiger partial charge in [0.05, 0.1) is 12.4 Å². The molecule has 1 aliphatic heterocycles. The van der Waals surface area contributed by atoms with E-state index in [-0.39, 0.29) is 0 Å². The van der Waals surface area contributed by atoms with Gasteiger partial charge in [-0.15, -0.1) is 0 Å². The molecule has 0 aliphatic carbocycles. The van der Waals surface area contributed by atoms with Crippen molar-refractivity contribution in [3.8, 4) is 0 Å². The van der Waals surface area contributed by atoms with Crippen LogP contribution in [0.4, 0.5) is 9.59 Å². The predicted octanol–water partition coefficient (Wildman–Crippen LogP) is 2.32. The third kappa shape index (κ3) is 4.62. The van der Waals surface area contributed by atoms with Gasteiger partial charge in [-0.3, -0.25) is 0 Å². The first-order chi connectivity index (χ1) is 13.3. The van der Waals surface area contributed by atoms with Crippen molar-refractivity contribution in [3.05, 3.63) is 35.9 Å². The lowest BCUT2D eigenvalue weighted by Crippen LogP contribution is -2.51. The predicted molar refractivity (Wildman–Crippen MR) is 99.5 cm³/mol. The fourth-order valence-corrected chi connectivity index (χ4v) is 2.88. The minimum Gasteiger partial charge on any atom is -0.424 e. The molecule has 0 saturated carbocycles. The Kier molecular flexibility index (Phi) is 5.86. The van der Waals surface area contributed by atoms with Crippen molar-refractivity contribution < 1.29 is 19.1 Å². The van der Waals surface area contributed by atoms with Gasteiger partial charge in [-0.25, -0.2) is 19.0 Å². The number of nitrogens with zero attached hydrogens (tertiary/aromatic N) is 6. The van der Waals surface area contributed by atoms with E-state index in [0.29, 0.717) is 26.2 Å². The van der Waals surface area contributed by atoms with Crippen LogP contribution in [0.2, 0.25) is 0 Å². The van der Waals surface area contributed by atoms with Gasteiger partial charge in [-0.05, 0) is 38.8 Å². The Morgan fingerprint density at radius 3 is 1.46 bits per heavy atom. The summed E-state index contributed by atoms with van der Waals surface area (Å²) < 4.78 is 14.1. The Balaban J connectivity index is 1.45. The van der Waals surface area contributed by atoms with Crippen LogP contribution in [0.5, 0.6) is 0 Å². The van der Waals surface area contributed by atoms with E-state index < -0.39 is 24.6 Å². The van der Waals surface area contributed by atoms with Crippen LogP contribution in [0.1, 0.15) is 37.4 Å². The summed E-state index contributed by atoms with van der Waals surface area (Å²) in [4.78, 5) is 27.9. The molecule has 10 nitrogen and oxygen atoms in total. The first kappa shape index (κ1) is 19.7. The van der Waals surface area contributed by atoms with Crippen molar-refractivity contribution in [3.63, 3.8) is 0 Å². The highest BCUT2D eigenvalue weighted by molar-refractivity contribution is 5.70. The molecule has 1 fully saturated rings. The van der Waals surface area contributed by atoms with Crippen LogP contribution in [0.3, 0.4) is 0 Å². The zero-order valence-corrected chi connectivity index (χ0v) is 16.6. The SMILES string of the molecule is Cc1cnn([C@@H](C)OC(=O)N2CCN(C(=O)O[C@H](C)n3cc(C)cn3)CC2)c1. The first-order valence-electron chi connectivity index (χ1n) is 9.26. The molecule has 0 N–H and O–H groups in total. The van der Waals surface area contributed by atoms with Gasteiger partial charge in [0, 0.05) is 38.6 Å². The molecule has 3 heterocycles. The number of carbonyl (C=O) groups is 2. The molecule has 28 heavy (non-hydrogen) atoms. The van der Waals surface area contributed by atoms with Crippen LogP contribution in [0.25, 0.3) is 0 Å². The first-order valence-corrected chi connectivity index (χ1v) is 9.26. The van der Waals surface area contributed by atoms with Crippen LogP contribution in [0.15, 0.2) is 24.8 Å². The van der Waals surface area contributed by atoms with E-state index in [1.54, 1.807) is 45.4 Å². The van der Waals surface area contributed by atoms with Crippen LogP contribution >= 0.6 is 0 Å². The van der Waals surface area contributed by atoms with Gasteiger partial charge in [0.25, 0.3) is 0 Å². The van der Waals surface area contributed by atoms with Crippen molar-refractivity contribution in [1.29, 1.82) is 0 Å². The molecule has 2 amide bonds. The molecule has 3 rings (SSSR count). The monoisotopic (exact) mass is 390 g/mol. The van der Waals surface area contributed by atoms with E-state index in [0.717, 1.165) is 11.1 Å². The average Bonchev–Trinajstić information content (AvgIpc) is 3.30. The molecule has 0 radical (unpaired) electrons. The van der Waals surface area contributed by atoms with E-state index >= 15 is 0 Å². The summed E-state index contributed by atoms with van der Waals surface area (Å²) in [7, 11) is 0. The average molecular weight is 390 g/mol. The normalized spacial score (nSPS) is 16.6. The second-order valence-corrected chi connectivity index (χ2v) is 6.94. The van der Waals surface area contributed by atoms with Crippen LogP contribution in [-0.4, -0.2) is 67.7 Å². The lowest BCUT2D eigenvalue weighted by molar-refractivity contribution is 0.00585. The number of rotatable bonds is 4. The third-order valence-corrected chi connectivity index (χ3v) is 4.55. The standard InChI is InChI=1S/C18H26N6O4/c1-13-9-19-23(11-13)15(3)27-17(25)21-5-7-22(8-6-21)18(26)28-16(4)24-12-14(2)10-20-24/h9-12,15-16H,5-8H2,1-4H3/t15-,16-/m1/s1. The zero-order valence-electron chi connectivity index (χ0n) is 16.6. The van der Waals surface area contributed by atoms with E-state index in [9.17, 15) is 9.59 Å². The largest absolute Gasteiger partial charge is 0.424 e. The number of amides is 2. The van der Waals surface area contributed by atoms with Gasteiger partial charge in [0.1, 0.15) is 0 Å². The Labute approximate surface area is 163 Å². The van der Waals surface area contributed by atoms with Crippen molar-refractivity contribution in [1.82, 2.24) is 29.4 Å². The van der Waals surface area contributed by atoms with Gasteiger partial charge in [-0.1, -0.05) is 0 Å². The Bertz CT molecular complexity index is 755. The number of piperazine rings is 1. The highest BCUT2D eigenvalue weighted by atomic mass is 16.6. The molecular weight excluding hydrogens is 364 g/mol. The maximum atomic E-state index is 12.3. The second kappa shape index (κ2) is 8.32. The van der Waals surface area contributed by atoms with Crippen LogP contribution < -0.4 is 0 Å². The van der Waals surface area contributed by atoms with Crippen molar-refractivity contribution in [2.75, 3.05) is 26.2 Å². The highest BCUT2D eigenvalue weighted by Gasteiger charge is 2.28. The highest BCUT2D eigenvalue weighted by Crippen LogP contribution is 2.14. The Morgan fingerprint density at radius 1 is 0.821 bits per heavy atom. The number of aryl methyl sites for hydroxylation is 2. The maximum absolute atomic E-state index is 12.3. The number of aromatic nitrogens is 4. The second-order valence-electron chi connectivity index (χ2n) is 6.94. The minimum atomic E-state index is -0.498. The molecule has 2 aromatic rings. The lowest BCUT2D eigenvalue weighted by Gasteiger charge is -2.34. The summed E-state index contributed by atoms with van der Waals surface area (Å²) in [6.07, 6.45) is 5.20. The quantitative estimate of drug-likeness (QED) is 0.795. The van der Waals surface area contributed by atoms with Gasteiger partial charge < -0.3 is 19.3 Å². The summed E-state index contributed by atoms with van der Waals surface area (Å²) >= 11 is 0. The molecule has 0 unspecified atom stereocenters. The number of hydrogen-bond donors (Lipinski definition) is 0. The summed E-state index contributed by atoms with van der Waals surface area (Å²) in [5, 5.41) is 8.30. The Morgan fingerprint density at radius 2 is 1.18 bits per heavy atom. The van der Waals surface area contributed by atoms with Crippen molar-refractivity contribution in [2.45, 2.75) is 40.2 Å². The fraction of sp³-hybridized carbons (Fsp3) is 0.556. The van der Waals surface area contributed by atoms with Crippen molar-refractivity contribution in [2.24, 2.45) is 0 Å². The van der Waals surface area contributed by atoms with E-state index in [1.807, 2.05) is 26.2 Å². The lowest BCUT2D eigenvalue weighted by atomic mass is 10.3. The smallest absolute Gasteiger partial charge is 0.411 e. The zero-order chi connectivity index (χ0) is 20.3. The molecule has 2 aromatic heterocycles. The van der Waals surface area contributed by atoms with E-state index in [2.05, 4.69) is 10.2 Å². The third-order valence-electron chi connectivity index (χ3n) is 4.55. The van der Waals surface area contributed by atoms with Crippen molar-refractivity contribution >= 4 is 12.2 Å². The molecule has 0 spiro atoms. The Hall–Kier alpha value is -3.04. The molecule has 10 heteroatoms. The maximum Gasteiger partial charge on any atom is 0.411 e. The summed E-state index contributed by atoms with van der Waals surface area (Å²) in [6.45, 7) is 8.90. The number of carbonyl (C=O) groups excluding carboxylic acids is 2. The molecule has 0 bridgehead atoms. The van der Waals surface area contributed by atoms with Crippen LogP contribution in [0, 0.1) is 13.8 Å².